The zero-order valence-corrected chi connectivity index (χ0v) is 16.6. The second-order valence-corrected chi connectivity index (χ2v) is 6.90. The van der Waals surface area contributed by atoms with E-state index in [1.807, 2.05) is 13.8 Å². The summed E-state index contributed by atoms with van der Waals surface area (Å²) in [5.74, 6) is 0.321. The maximum Gasteiger partial charge on any atom is 0.349 e. The van der Waals surface area contributed by atoms with Gasteiger partial charge in [-0.15, -0.1) is 0 Å². The summed E-state index contributed by atoms with van der Waals surface area (Å²) < 4.78 is 15.9. The molecule has 0 amide bonds. The number of ketones is 1. The third-order valence-corrected chi connectivity index (χ3v) is 4.46. The largest absolute Gasteiger partial charge is 0.482 e. The van der Waals surface area contributed by atoms with Crippen LogP contribution >= 0.6 is 0 Å². The topological polar surface area (TPSA) is 82.8 Å². The smallest absolute Gasteiger partial charge is 0.349 e. The van der Waals surface area contributed by atoms with E-state index in [-0.39, 0.29) is 24.1 Å². The fourth-order valence-corrected chi connectivity index (χ4v) is 2.95. The van der Waals surface area contributed by atoms with Crippen LogP contribution in [0.2, 0.25) is 0 Å². The quantitative estimate of drug-likeness (QED) is 0.254. The lowest BCUT2D eigenvalue weighted by Gasteiger charge is -2.10. The molecule has 0 unspecified atom stereocenters. The number of hydrogen-bond acceptors (Lipinski definition) is 6. The van der Waals surface area contributed by atoms with Crippen LogP contribution in [-0.4, -0.2) is 18.4 Å². The first-order valence-corrected chi connectivity index (χ1v) is 9.42. The van der Waals surface area contributed by atoms with Crippen molar-refractivity contribution in [1.82, 2.24) is 0 Å². The van der Waals surface area contributed by atoms with Gasteiger partial charge in [0, 0.05) is 29.5 Å². The predicted octanol–water partition coefficient (Wildman–Crippen LogP) is 4.49. The van der Waals surface area contributed by atoms with Crippen LogP contribution in [-0.2, 0) is 4.79 Å². The van der Waals surface area contributed by atoms with Crippen molar-refractivity contribution in [3.05, 3.63) is 70.1 Å². The first-order chi connectivity index (χ1) is 13.9. The first-order valence-electron chi connectivity index (χ1n) is 9.42. The number of Topliss-reactive ketones (excluding diaryl/α,β-unsaturated/α-hetero) is 1. The Bertz CT molecular complexity index is 1090. The summed E-state index contributed by atoms with van der Waals surface area (Å²) in [6.45, 7) is 5.48. The molecule has 0 saturated carbocycles. The Morgan fingerprint density at radius 1 is 1.00 bits per heavy atom. The molecule has 3 aromatic rings. The normalized spacial score (nSPS) is 10.9. The number of carbonyl (C=O) groups excluding carboxylic acids is 2. The van der Waals surface area contributed by atoms with Crippen LogP contribution in [0.5, 0.6) is 11.5 Å². The molecule has 6 nitrogen and oxygen atoms in total. The van der Waals surface area contributed by atoms with Crippen molar-refractivity contribution < 1.29 is 23.5 Å². The minimum Gasteiger partial charge on any atom is -0.482 e. The summed E-state index contributed by atoms with van der Waals surface area (Å²) in [5.41, 5.74) is 1.39. The van der Waals surface area contributed by atoms with Gasteiger partial charge in [0.05, 0.1) is 0 Å². The monoisotopic (exact) mass is 394 g/mol. The number of benzene rings is 2. The highest BCUT2D eigenvalue weighted by Gasteiger charge is 2.12. The third-order valence-electron chi connectivity index (χ3n) is 4.46. The molecule has 0 spiro atoms. The molecule has 0 fully saturated rings. The van der Waals surface area contributed by atoms with E-state index >= 15 is 0 Å². The molecule has 0 saturated heterocycles. The van der Waals surface area contributed by atoms with Gasteiger partial charge in [-0.2, -0.15) is 0 Å². The number of rotatable bonds is 7. The SMILES string of the molecule is CCC(=O)c1ccc(OCC(=O)Oc2ccc3c(C(C)C)cc(=O)oc3c2)cc1. The van der Waals surface area contributed by atoms with E-state index in [2.05, 4.69) is 0 Å². The molecule has 0 aliphatic heterocycles. The summed E-state index contributed by atoms with van der Waals surface area (Å²) in [6.07, 6.45) is 0.428. The number of carbonyl (C=O) groups is 2. The molecule has 0 N–H and O–H groups in total. The summed E-state index contributed by atoms with van der Waals surface area (Å²) in [6, 6.07) is 13.0. The highest BCUT2D eigenvalue weighted by Crippen LogP contribution is 2.27. The van der Waals surface area contributed by atoms with E-state index in [1.54, 1.807) is 43.3 Å². The lowest BCUT2D eigenvalue weighted by molar-refractivity contribution is -0.136. The van der Waals surface area contributed by atoms with Crippen molar-refractivity contribution in [2.75, 3.05) is 6.61 Å². The average molecular weight is 394 g/mol. The van der Waals surface area contributed by atoms with Gasteiger partial charge in [-0.25, -0.2) is 9.59 Å². The highest BCUT2D eigenvalue weighted by atomic mass is 16.6. The molecule has 0 aliphatic carbocycles. The Morgan fingerprint density at radius 3 is 2.34 bits per heavy atom. The first kappa shape index (κ1) is 20.3. The minimum absolute atomic E-state index is 0.0412. The van der Waals surface area contributed by atoms with E-state index in [1.165, 1.54) is 12.1 Å². The van der Waals surface area contributed by atoms with Crippen LogP contribution in [0.25, 0.3) is 11.0 Å². The van der Waals surface area contributed by atoms with Crippen molar-refractivity contribution in [1.29, 1.82) is 0 Å². The van der Waals surface area contributed by atoms with Gasteiger partial charge >= 0.3 is 11.6 Å². The minimum atomic E-state index is -0.597. The maximum atomic E-state index is 12.1. The van der Waals surface area contributed by atoms with E-state index in [0.717, 1.165) is 10.9 Å². The second kappa shape index (κ2) is 8.73. The molecular weight excluding hydrogens is 372 g/mol. The van der Waals surface area contributed by atoms with Crippen molar-refractivity contribution in [3.8, 4) is 11.5 Å². The van der Waals surface area contributed by atoms with Gasteiger partial charge in [0.25, 0.3) is 0 Å². The zero-order valence-electron chi connectivity index (χ0n) is 16.6. The summed E-state index contributed by atoms with van der Waals surface area (Å²) in [7, 11) is 0. The van der Waals surface area contributed by atoms with Crippen LogP contribution in [0.15, 0.2) is 57.7 Å². The van der Waals surface area contributed by atoms with Crippen molar-refractivity contribution in [3.63, 3.8) is 0 Å². The van der Waals surface area contributed by atoms with E-state index < -0.39 is 11.6 Å². The molecule has 0 atom stereocenters. The fourth-order valence-electron chi connectivity index (χ4n) is 2.95. The number of esters is 1. The van der Waals surface area contributed by atoms with Crippen LogP contribution in [0.4, 0.5) is 0 Å². The zero-order chi connectivity index (χ0) is 21.0. The Hall–Kier alpha value is -3.41. The maximum absolute atomic E-state index is 12.1. The van der Waals surface area contributed by atoms with Crippen LogP contribution < -0.4 is 15.1 Å². The number of hydrogen-bond donors (Lipinski definition) is 0. The summed E-state index contributed by atoms with van der Waals surface area (Å²) in [5, 5.41) is 0.803. The molecule has 3 rings (SSSR count). The molecule has 2 aromatic carbocycles. The standard InChI is InChI=1S/C23H22O6/c1-4-20(24)15-5-7-16(8-6-15)27-13-23(26)28-17-9-10-18-19(14(2)3)12-22(25)29-21(18)11-17/h5-12,14H,4,13H2,1-3H3. The third kappa shape index (κ3) is 4.90. The molecule has 29 heavy (non-hydrogen) atoms. The second-order valence-electron chi connectivity index (χ2n) is 6.90. The van der Waals surface area contributed by atoms with Gasteiger partial charge in [0.1, 0.15) is 17.1 Å². The van der Waals surface area contributed by atoms with Gasteiger partial charge in [-0.05, 0) is 47.9 Å². The molecule has 0 bridgehead atoms. The lowest BCUT2D eigenvalue weighted by Crippen LogP contribution is -2.17. The number of fused-ring (bicyclic) bond motifs is 1. The van der Waals surface area contributed by atoms with Crippen molar-refractivity contribution in [2.24, 2.45) is 0 Å². The molecule has 1 aromatic heterocycles. The molecule has 0 radical (unpaired) electrons. The van der Waals surface area contributed by atoms with Gasteiger partial charge in [0.2, 0.25) is 0 Å². The molecular formula is C23H22O6. The Labute approximate surface area is 168 Å². The van der Waals surface area contributed by atoms with Crippen molar-refractivity contribution >= 4 is 22.7 Å². The van der Waals surface area contributed by atoms with Crippen LogP contribution in [0, 0.1) is 0 Å². The van der Waals surface area contributed by atoms with Crippen LogP contribution in [0.3, 0.4) is 0 Å². The van der Waals surface area contributed by atoms with Gasteiger partial charge in [0.15, 0.2) is 12.4 Å². The fraction of sp³-hybridized carbons (Fsp3) is 0.261. The van der Waals surface area contributed by atoms with Gasteiger partial charge in [-0.3, -0.25) is 4.79 Å². The summed E-state index contributed by atoms with van der Waals surface area (Å²) >= 11 is 0. The lowest BCUT2D eigenvalue weighted by atomic mass is 10.00. The number of ether oxygens (including phenoxy) is 2. The van der Waals surface area contributed by atoms with Crippen molar-refractivity contribution in [2.45, 2.75) is 33.1 Å². The summed E-state index contributed by atoms with van der Waals surface area (Å²) in [4.78, 5) is 35.5. The van der Waals surface area contributed by atoms with Crippen LogP contribution in [0.1, 0.15) is 49.0 Å². The predicted molar refractivity (Wildman–Crippen MR) is 109 cm³/mol. The molecule has 1 heterocycles. The Balaban J connectivity index is 1.67. The van der Waals surface area contributed by atoms with E-state index in [9.17, 15) is 14.4 Å². The Morgan fingerprint density at radius 2 is 1.69 bits per heavy atom. The Kier molecular flexibility index (Phi) is 6.12. The highest BCUT2D eigenvalue weighted by molar-refractivity contribution is 5.95. The van der Waals surface area contributed by atoms with Gasteiger partial charge in [-0.1, -0.05) is 20.8 Å². The van der Waals surface area contributed by atoms with E-state index in [4.69, 9.17) is 13.9 Å². The molecule has 0 aliphatic rings. The average Bonchev–Trinajstić information content (AvgIpc) is 2.71. The van der Waals surface area contributed by atoms with Gasteiger partial charge < -0.3 is 13.9 Å². The molecule has 6 heteroatoms. The van der Waals surface area contributed by atoms with E-state index in [0.29, 0.717) is 23.3 Å². The molecule has 150 valence electrons.